The normalized spacial score (nSPS) is 17.1. The van der Waals surface area contributed by atoms with E-state index in [1.807, 2.05) is 10.2 Å². The van der Waals surface area contributed by atoms with Crippen molar-refractivity contribution >= 4 is 52.0 Å². The first-order valence-electron chi connectivity index (χ1n) is 10.5. The number of rotatable bonds is 6. The van der Waals surface area contributed by atoms with E-state index in [1.54, 1.807) is 12.1 Å². The number of nitrogens with one attached hydrogen (secondary N) is 1. The van der Waals surface area contributed by atoms with Gasteiger partial charge in [0.15, 0.2) is 17.5 Å². The van der Waals surface area contributed by atoms with E-state index in [-0.39, 0.29) is 16.2 Å². The maximum absolute atomic E-state index is 13.8. The van der Waals surface area contributed by atoms with E-state index >= 15 is 0 Å². The van der Waals surface area contributed by atoms with Crippen LogP contribution in [0.15, 0.2) is 35.2 Å². The summed E-state index contributed by atoms with van der Waals surface area (Å²) in [6.45, 7) is 1.02. The molecular formula is C22H17F3N4O6S. The first-order chi connectivity index (χ1) is 17.2. The quantitative estimate of drug-likeness (QED) is 0.265. The first kappa shape index (κ1) is 25.2. The van der Waals surface area contributed by atoms with Crippen molar-refractivity contribution in [2.45, 2.75) is 0 Å². The van der Waals surface area contributed by atoms with Gasteiger partial charge in [-0.1, -0.05) is 6.07 Å². The second kappa shape index (κ2) is 10.4. The van der Waals surface area contributed by atoms with Gasteiger partial charge in [0, 0.05) is 19.2 Å². The van der Waals surface area contributed by atoms with Crippen LogP contribution in [0, 0.1) is 27.6 Å². The number of nitro groups is 1. The van der Waals surface area contributed by atoms with Crippen molar-refractivity contribution in [3.05, 3.63) is 68.4 Å². The fourth-order valence-electron chi connectivity index (χ4n) is 3.59. The Hall–Kier alpha value is -3.91. The smallest absolute Gasteiger partial charge is 0.294 e. The number of carbonyl (C=O) groups is 3. The summed E-state index contributed by atoms with van der Waals surface area (Å²) in [6.07, 6.45) is 1.29. The summed E-state index contributed by atoms with van der Waals surface area (Å²) in [5, 5.41) is 12.8. The molecule has 4 rings (SSSR count). The van der Waals surface area contributed by atoms with E-state index in [2.05, 4.69) is 0 Å². The van der Waals surface area contributed by atoms with E-state index in [0.29, 0.717) is 54.7 Å². The number of nitrogens with zero attached hydrogens (tertiary/aromatic N) is 3. The average Bonchev–Trinajstić information content (AvgIpc) is 3.12. The minimum Gasteiger partial charge on any atom is -0.378 e. The monoisotopic (exact) mass is 522 g/mol. The van der Waals surface area contributed by atoms with Crippen molar-refractivity contribution in [3.63, 3.8) is 0 Å². The predicted octanol–water partition coefficient (Wildman–Crippen LogP) is 3.52. The van der Waals surface area contributed by atoms with Gasteiger partial charge in [-0.15, -0.1) is 0 Å². The van der Waals surface area contributed by atoms with E-state index < -0.39 is 51.7 Å². The van der Waals surface area contributed by atoms with Crippen molar-refractivity contribution < 1.29 is 37.2 Å². The Labute approximate surface area is 205 Å². The van der Waals surface area contributed by atoms with E-state index in [0.717, 1.165) is 6.07 Å². The molecule has 0 spiro atoms. The Morgan fingerprint density at radius 3 is 2.56 bits per heavy atom. The predicted molar refractivity (Wildman–Crippen MR) is 124 cm³/mol. The molecule has 10 nitrogen and oxygen atoms in total. The number of carbonyl (C=O) groups excluding carboxylic acids is 3. The number of benzene rings is 2. The van der Waals surface area contributed by atoms with Crippen LogP contribution < -0.4 is 10.2 Å². The molecule has 188 valence electrons. The zero-order valence-corrected chi connectivity index (χ0v) is 19.1. The van der Waals surface area contributed by atoms with Crippen molar-refractivity contribution in [2.75, 3.05) is 43.1 Å². The molecule has 0 unspecified atom stereocenters. The minimum absolute atomic E-state index is 0.0831. The van der Waals surface area contributed by atoms with Crippen LogP contribution in [0.25, 0.3) is 6.08 Å². The Morgan fingerprint density at radius 1 is 1.14 bits per heavy atom. The third-order valence-corrected chi connectivity index (χ3v) is 6.24. The van der Waals surface area contributed by atoms with Gasteiger partial charge >= 0.3 is 0 Å². The minimum atomic E-state index is -1.78. The van der Waals surface area contributed by atoms with Crippen LogP contribution in [0.2, 0.25) is 0 Å². The number of imide groups is 1. The molecule has 2 saturated heterocycles. The zero-order chi connectivity index (χ0) is 26.0. The molecule has 0 aromatic heterocycles. The maximum Gasteiger partial charge on any atom is 0.294 e. The average molecular weight is 522 g/mol. The van der Waals surface area contributed by atoms with E-state index in [1.165, 1.54) is 12.1 Å². The molecule has 0 radical (unpaired) electrons. The largest absolute Gasteiger partial charge is 0.378 e. The number of hydrogen-bond donors (Lipinski definition) is 1. The second-order valence-corrected chi connectivity index (χ2v) is 8.64. The van der Waals surface area contributed by atoms with Gasteiger partial charge in [-0.05, 0) is 41.6 Å². The fraction of sp³-hybridized carbons (Fsp3) is 0.227. The number of amides is 3. The van der Waals surface area contributed by atoms with Crippen LogP contribution in [0.4, 0.5) is 35.0 Å². The molecule has 2 heterocycles. The number of anilines is 2. The number of morpholine rings is 1. The number of nitro benzene ring substituents is 1. The van der Waals surface area contributed by atoms with Crippen LogP contribution in [0.5, 0.6) is 0 Å². The summed E-state index contributed by atoms with van der Waals surface area (Å²) < 4.78 is 45.5. The third-order valence-electron chi connectivity index (χ3n) is 5.33. The molecule has 3 amide bonds. The maximum atomic E-state index is 13.8. The van der Waals surface area contributed by atoms with Gasteiger partial charge in [-0.25, -0.2) is 13.2 Å². The fourth-order valence-corrected chi connectivity index (χ4v) is 4.43. The lowest BCUT2D eigenvalue weighted by Gasteiger charge is -2.28. The molecule has 36 heavy (non-hydrogen) atoms. The molecule has 0 saturated carbocycles. The molecule has 0 bridgehead atoms. The molecule has 2 aliphatic heterocycles. The lowest BCUT2D eigenvalue weighted by atomic mass is 10.1. The molecule has 0 aliphatic carbocycles. The summed E-state index contributed by atoms with van der Waals surface area (Å²) in [6, 6.07) is 5.79. The molecule has 1 N–H and O–H groups in total. The third kappa shape index (κ3) is 5.18. The Balaban J connectivity index is 1.50. The molecule has 2 aromatic carbocycles. The van der Waals surface area contributed by atoms with Crippen LogP contribution in [0.1, 0.15) is 5.56 Å². The van der Waals surface area contributed by atoms with Gasteiger partial charge in [-0.3, -0.25) is 29.4 Å². The number of hydrogen-bond acceptors (Lipinski definition) is 8. The number of ether oxygens (including phenoxy) is 1. The lowest BCUT2D eigenvalue weighted by molar-refractivity contribution is -0.384. The highest BCUT2D eigenvalue weighted by Gasteiger charge is 2.36. The highest BCUT2D eigenvalue weighted by molar-refractivity contribution is 8.18. The standard InChI is InChI=1S/C22H17F3N4O6S/c23-13-2-3-14(20(25)19(13)24)26-18(30)11-28-21(31)17(36-22(28)32)10-12-1-4-15(16(9-12)29(33)34)27-5-7-35-8-6-27/h1-4,9-10H,5-8,11H2,(H,26,30)/b17-10-. The zero-order valence-electron chi connectivity index (χ0n) is 18.3. The van der Waals surface area contributed by atoms with Gasteiger partial charge in [0.05, 0.1) is 28.7 Å². The highest BCUT2D eigenvalue weighted by atomic mass is 32.2. The van der Waals surface area contributed by atoms with E-state index in [9.17, 15) is 37.7 Å². The number of thioether (sulfide) groups is 1. The Morgan fingerprint density at radius 2 is 1.86 bits per heavy atom. The molecule has 14 heteroatoms. The van der Waals surface area contributed by atoms with Gasteiger partial charge < -0.3 is 15.0 Å². The molecule has 0 atom stereocenters. The van der Waals surface area contributed by atoms with Crippen molar-refractivity contribution in [3.8, 4) is 0 Å². The Kier molecular flexibility index (Phi) is 7.26. The van der Waals surface area contributed by atoms with Crippen LogP contribution in [-0.4, -0.2) is 59.7 Å². The van der Waals surface area contributed by atoms with Gasteiger partial charge in [0.1, 0.15) is 12.2 Å². The first-order valence-corrected chi connectivity index (χ1v) is 11.3. The van der Waals surface area contributed by atoms with Gasteiger partial charge in [-0.2, -0.15) is 0 Å². The van der Waals surface area contributed by atoms with Gasteiger partial charge in [0.25, 0.3) is 16.8 Å². The van der Waals surface area contributed by atoms with Crippen LogP contribution >= 0.6 is 11.8 Å². The molecule has 2 aromatic rings. The summed E-state index contributed by atoms with van der Waals surface area (Å²) in [7, 11) is 0. The summed E-state index contributed by atoms with van der Waals surface area (Å²) >= 11 is 0.517. The van der Waals surface area contributed by atoms with Crippen molar-refractivity contribution in [1.82, 2.24) is 4.90 Å². The lowest BCUT2D eigenvalue weighted by Crippen LogP contribution is -2.36. The summed E-state index contributed by atoms with van der Waals surface area (Å²) in [5.41, 5.74) is -0.154. The molecular weight excluding hydrogens is 505 g/mol. The van der Waals surface area contributed by atoms with Crippen molar-refractivity contribution in [2.24, 2.45) is 0 Å². The van der Waals surface area contributed by atoms with Crippen LogP contribution in [-0.2, 0) is 14.3 Å². The topological polar surface area (TPSA) is 122 Å². The highest BCUT2D eigenvalue weighted by Crippen LogP contribution is 2.35. The van der Waals surface area contributed by atoms with Crippen molar-refractivity contribution in [1.29, 1.82) is 0 Å². The number of halogens is 3. The van der Waals surface area contributed by atoms with Gasteiger partial charge in [0.2, 0.25) is 5.91 Å². The summed E-state index contributed by atoms with van der Waals surface area (Å²) in [5.74, 6) is -6.71. The van der Waals surface area contributed by atoms with E-state index in [4.69, 9.17) is 4.74 Å². The second-order valence-electron chi connectivity index (χ2n) is 7.64. The Bertz CT molecular complexity index is 1300. The molecule has 2 aliphatic rings. The SMILES string of the molecule is O=C(CN1C(=O)S/C(=C\c2ccc(N3CCOCC3)c([N+](=O)[O-])c2)C1=O)Nc1ccc(F)c(F)c1F. The van der Waals surface area contributed by atoms with Crippen LogP contribution in [0.3, 0.4) is 0 Å². The molecule has 2 fully saturated rings. The summed E-state index contributed by atoms with van der Waals surface area (Å²) in [4.78, 5) is 50.6.